The first-order chi connectivity index (χ1) is 10.7. The first kappa shape index (κ1) is 18.9. The standard InChI is InChI=1S/C12H22O11/c13-1-5-7(17)8(18)9(19)11(22-5)23-10-6(16)4(15)2-21-12(10,20)3-14/h4-11,13-20H,1-3H2/t4-,5-,6-,7-,8+,9-,10+,11+,12?/m1/s1. The summed E-state index contributed by atoms with van der Waals surface area (Å²) >= 11 is 0. The van der Waals surface area contributed by atoms with Gasteiger partial charge in [0.25, 0.3) is 0 Å². The topological polar surface area (TPSA) is 190 Å². The van der Waals surface area contributed by atoms with Crippen LogP contribution in [-0.2, 0) is 14.2 Å². The van der Waals surface area contributed by atoms with Crippen LogP contribution in [0, 0.1) is 0 Å². The van der Waals surface area contributed by atoms with Crippen molar-refractivity contribution in [1.82, 2.24) is 0 Å². The SMILES string of the molecule is OC[C@H]1O[C@@H](O[C@H]2[C@H](O)[C@H](O)COC2(O)CO)[C@H](O)[C@@H](O)[C@@H]1O. The van der Waals surface area contributed by atoms with Crippen LogP contribution in [0.3, 0.4) is 0 Å². The number of rotatable bonds is 4. The Kier molecular flexibility index (Phi) is 5.92. The zero-order valence-corrected chi connectivity index (χ0v) is 12.0. The van der Waals surface area contributed by atoms with Gasteiger partial charge in [0.1, 0.15) is 42.7 Å². The summed E-state index contributed by atoms with van der Waals surface area (Å²) in [6, 6.07) is 0. The van der Waals surface area contributed by atoms with Crippen LogP contribution in [0.2, 0.25) is 0 Å². The molecule has 0 bridgehead atoms. The van der Waals surface area contributed by atoms with E-state index in [1.54, 1.807) is 0 Å². The van der Waals surface area contributed by atoms with Crippen molar-refractivity contribution in [3.05, 3.63) is 0 Å². The summed E-state index contributed by atoms with van der Waals surface area (Å²) in [6.07, 6.45) is -12.9. The van der Waals surface area contributed by atoms with Gasteiger partial charge in [-0.2, -0.15) is 0 Å². The van der Waals surface area contributed by atoms with E-state index in [9.17, 15) is 35.7 Å². The molecule has 1 unspecified atom stereocenters. The van der Waals surface area contributed by atoms with Crippen molar-refractivity contribution in [2.45, 2.75) is 54.8 Å². The fourth-order valence-electron chi connectivity index (χ4n) is 2.53. The van der Waals surface area contributed by atoms with E-state index in [0.29, 0.717) is 0 Å². The predicted octanol–water partition coefficient (Wildman–Crippen LogP) is -5.40. The van der Waals surface area contributed by atoms with Gasteiger partial charge in [0.05, 0.1) is 19.8 Å². The van der Waals surface area contributed by atoms with Crippen LogP contribution in [0.25, 0.3) is 0 Å². The Morgan fingerprint density at radius 2 is 1.61 bits per heavy atom. The van der Waals surface area contributed by atoms with Gasteiger partial charge in [0.15, 0.2) is 6.29 Å². The van der Waals surface area contributed by atoms with Gasteiger partial charge in [-0.15, -0.1) is 0 Å². The summed E-state index contributed by atoms with van der Waals surface area (Å²) in [7, 11) is 0. The molecule has 2 aliphatic rings. The zero-order valence-electron chi connectivity index (χ0n) is 12.0. The van der Waals surface area contributed by atoms with Gasteiger partial charge < -0.3 is 55.1 Å². The average Bonchev–Trinajstić information content (AvgIpc) is 2.55. The molecular weight excluding hydrogens is 320 g/mol. The van der Waals surface area contributed by atoms with Crippen LogP contribution in [0.1, 0.15) is 0 Å². The highest BCUT2D eigenvalue weighted by Crippen LogP contribution is 2.30. The minimum absolute atomic E-state index is 0.466. The lowest BCUT2D eigenvalue weighted by Crippen LogP contribution is -2.67. The van der Waals surface area contributed by atoms with Crippen LogP contribution >= 0.6 is 0 Å². The highest BCUT2D eigenvalue weighted by atomic mass is 16.7. The largest absolute Gasteiger partial charge is 0.394 e. The van der Waals surface area contributed by atoms with Crippen LogP contribution < -0.4 is 0 Å². The minimum Gasteiger partial charge on any atom is -0.394 e. The molecule has 136 valence electrons. The molecule has 2 aliphatic heterocycles. The van der Waals surface area contributed by atoms with Crippen LogP contribution in [-0.4, -0.2) is 115 Å². The lowest BCUT2D eigenvalue weighted by atomic mass is 9.96. The summed E-state index contributed by atoms with van der Waals surface area (Å²) in [5.74, 6) is -2.38. The molecule has 8 N–H and O–H groups in total. The first-order valence-corrected chi connectivity index (χ1v) is 7.04. The van der Waals surface area contributed by atoms with Gasteiger partial charge in [0, 0.05) is 0 Å². The Labute approximate surface area is 130 Å². The van der Waals surface area contributed by atoms with Gasteiger partial charge in [-0.3, -0.25) is 0 Å². The van der Waals surface area contributed by atoms with Gasteiger partial charge in [-0.05, 0) is 0 Å². The summed E-state index contributed by atoms with van der Waals surface area (Å²) in [5, 5.41) is 77.2. The molecule has 0 amide bonds. The van der Waals surface area contributed by atoms with Crippen molar-refractivity contribution in [2.24, 2.45) is 0 Å². The number of hydrogen-bond donors (Lipinski definition) is 8. The van der Waals surface area contributed by atoms with E-state index in [4.69, 9.17) is 19.3 Å². The maximum Gasteiger partial charge on any atom is 0.219 e. The molecule has 11 heteroatoms. The van der Waals surface area contributed by atoms with E-state index in [2.05, 4.69) is 0 Å². The van der Waals surface area contributed by atoms with Crippen LogP contribution in [0.4, 0.5) is 0 Å². The van der Waals surface area contributed by atoms with Gasteiger partial charge >= 0.3 is 0 Å². The fourth-order valence-corrected chi connectivity index (χ4v) is 2.53. The number of hydrogen-bond acceptors (Lipinski definition) is 11. The molecule has 0 aliphatic carbocycles. The molecule has 11 nitrogen and oxygen atoms in total. The van der Waals surface area contributed by atoms with Gasteiger partial charge in [0.2, 0.25) is 5.79 Å². The first-order valence-electron chi connectivity index (χ1n) is 7.04. The number of aliphatic hydroxyl groups is 8. The maximum atomic E-state index is 10.1. The van der Waals surface area contributed by atoms with Gasteiger partial charge in [-0.25, -0.2) is 0 Å². The fraction of sp³-hybridized carbons (Fsp3) is 1.00. The lowest BCUT2D eigenvalue weighted by molar-refractivity contribution is -0.387. The Morgan fingerprint density at radius 3 is 2.17 bits per heavy atom. The van der Waals surface area contributed by atoms with E-state index < -0.39 is 74.6 Å². The second-order valence-electron chi connectivity index (χ2n) is 5.63. The quantitative estimate of drug-likeness (QED) is 0.243. The third-order valence-corrected chi connectivity index (χ3v) is 4.01. The van der Waals surface area contributed by atoms with Crippen molar-refractivity contribution in [3.8, 4) is 0 Å². The highest BCUT2D eigenvalue weighted by molar-refractivity contribution is 4.95. The second kappa shape index (κ2) is 7.21. The van der Waals surface area contributed by atoms with Crippen molar-refractivity contribution < 1.29 is 55.1 Å². The lowest BCUT2D eigenvalue weighted by Gasteiger charge is -2.47. The molecule has 0 aromatic carbocycles. The molecule has 9 atom stereocenters. The number of aliphatic hydroxyl groups excluding tert-OH is 7. The third-order valence-electron chi connectivity index (χ3n) is 4.01. The molecule has 23 heavy (non-hydrogen) atoms. The summed E-state index contributed by atoms with van der Waals surface area (Å²) < 4.78 is 15.1. The van der Waals surface area contributed by atoms with E-state index in [-0.39, 0.29) is 0 Å². The van der Waals surface area contributed by atoms with Crippen molar-refractivity contribution in [3.63, 3.8) is 0 Å². The zero-order chi connectivity index (χ0) is 17.4. The molecule has 2 fully saturated rings. The molecule has 2 saturated heterocycles. The summed E-state index contributed by atoms with van der Waals surface area (Å²) in [5.41, 5.74) is 0. The van der Waals surface area contributed by atoms with Crippen molar-refractivity contribution in [1.29, 1.82) is 0 Å². The van der Waals surface area contributed by atoms with Crippen LogP contribution in [0.5, 0.6) is 0 Å². The Balaban J connectivity index is 2.17. The minimum atomic E-state index is -2.38. The second-order valence-corrected chi connectivity index (χ2v) is 5.63. The average molecular weight is 342 g/mol. The molecule has 0 saturated carbocycles. The summed E-state index contributed by atoms with van der Waals surface area (Å²) in [4.78, 5) is 0. The monoisotopic (exact) mass is 342 g/mol. The van der Waals surface area contributed by atoms with Crippen molar-refractivity contribution >= 4 is 0 Å². The molecule has 0 aromatic rings. The molecule has 2 heterocycles. The van der Waals surface area contributed by atoms with E-state index in [1.807, 2.05) is 0 Å². The molecule has 0 aromatic heterocycles. The molecular formula is C12H22O11. The molecule has 0 radical (unpaired) electrons. The van der Waals surface area contributed by atoms with E-state index in [0.717, 1.165) is 0 Å². The van der Waals surface area contributed by atoms with Crippen molar-refractivity contribution in [2.75, 3.05) is 19.8 Å². The summed E-state index contributed by atoms with van der Waals surface area (Å²) in [6.45, 7) is -2.15. The maximum absolute atomic E-state index is 10.1. The molecule has 0 spiro atoms. The molecule has 2 rings (SSSR count). The van der Waals surface area contributed by atoms with E-state index in [1.165, 1.54) is 0 Å². The highest BCUT2D eigenvalue weighted by Gasteiger charge is 2.53. The Bertz CT molecular complexity index is 393. The van der Waals surface area contributed by atoms with Gasteiger partial charge in [-0.1, -0.05) is 0 Å². The Hall–Kier alpha value is -0.440. The third kappa shape index (κ3) is 3.50. The van der Waals surface area contributed by atoms with Crippen LogP contribution in [0.15, 0.2) is 0 Å². The Morgan fingerprint density at radius 1 is 0.957 bits per heavy atom. The van der Waals surface area contributed by atoms with E-state index >= 15 is 0 Å². The smallest absolute Gasteiger partial charge is 0.219 e. The normalized spacial score (nSPS) is 51.7. The number of ether oxygens (including phenoxy) is 3. The predicted molar refractivity (Wildman–Crippen MR) is 68.6 cm³/mol.